The smallest absolute Gasteiger partial charge is 0.262 e. The summed E-state index contributed by atoms with van der Waals surface area (Å²) in [5, 5.41) is 10.0. The van der Waals surface area contributed by atoms with Crippen molar-refractivity contribution >= 4 is 11.7 Å². The van der Waals surface area contributed by atoms with E-state index in [4.69, 9.17) is 4.74 Å². The Labute approximate surface area is 146 Å². The number of aliphatic hydroxyl groups is 1. The molecule has 2 atom stereocenters. The van der Waals surface area contributed by atoms with Gasteiger partial charge in [0.2, 0.25) is 5.60 Å². The maximum atomic E-state index is 12.2. The summed E-state index contributed by atoms with van der Waals surface area (Å²) in [6.45, 7) is 1.75. The van der Waals surface area contributed by atoms with Gasteiger partial charge in [-0.1, -0.05) is 42.5 Å². The minimum absolute atomic E-state index is 0.371. The molecule has 0 saturated carbocycles. The van der Waals surface area contributed by atoms with Crippen molar-refractivity contribution in [3.63, 3.8) is 0 Å². The molecule has 1 heterocycles. The molecule has 0 radical (unpaired) electrons. The monoisotopic (exact) mass is 339 g/mol. The molecule has 1 N–H and O–H groups in total. The molecule has 0 aliphatic carbocycles. The minimum atomic E-state index is -1.92. The largest absolute Gasteiger partial charge is 0.489 e. The van der Waals surface area contributed by atoms with E-state index in [2.05, 4.69) is 0 Å². The van der Waals surface area contributed by atoms with Crippen LogP contribution in [0.4, 0.5) is 0 Å². The van der Waals surface area contributed by atoms with E-state index in [1.54, 1.807) is 7.05 Å². The van der Waals surface area contributed by atoms with Crippen molar-refractivity contribution in [1.29, 1.82) is 0 Å². The Hall–Kier alpha value is -2.66. The SMILES string of the molecule is CN1C(=O)[C@@](C)(O)C(=O)[C@@H]1Cc1ccc(OCc2ccccc2)cc1. The molecule has 1 fully saturated rings. The zero-order chi connectivity index (χ0) is 18.0. The first-order chi connectivity index (χ1) is 11.9. The van der Waals surface area contributed by atoms with Crippen LogP contribution in [0.25, 0.3) is 0 Å². The van der Waals surface area contributed by atoms with E-state index in [1.807, 2.05) is 54.6 Å². The molecule has 1 saturated heterocycles. The number of Topliss-reactive ketones (excluding diaryl/α,β-unsaturated/α-hetero) is 1. The Bertz CT molecular complexity index is 768. The van der Waals surface area contributed by atoms with E-state index < -0.39 is 23.3 Å². The van der Waals surface area contributed by atoms with E-state index in [9.17, 15) is 14.7 Å². The molecule has 0 aromatic heterocycles. The normalized spacial score (nSPS) is 23.2. The predicted octanol–water partition coefficient (Wildman–Crippen LogP) is 1.97. The molecule has 25 heavy (non-hydrogen) atoms. The molecule has 1 aliphatic heterocycles. The highest BCUT2D eigenvalue weighted by Gasteiger charge is 2.53. The number of hydrogen-bond donors (Lipinski definition) is 1. The van der Waals surface area contributed by atoms with Crippen LogP contribution in [0.1, 0.15) is 18.1 Å². The van der Waals surface area contributed by atoms with Crippen LogP contribution in [0.3, 0.4) is 0 Å². The number of ketones is 1. The minimum Gasteiger partial charge on any atom is -0.489 e. The molecule has 0 spiro atoms. The summed E-state index contributed by atoms with van der Waals surface area (Å²) in [5.41, 5.74) is 0.0753. The summed E-state index contributed by atoms with van der Waals surface area (Å²) in [4.78, 5) is 25.5. The van der Waals surface area contributed by atoms with Gasteiger partial charge in [0.1, 0.15) is 12.4 Å². The van der Waals surface area contributed by atoms with Crippen LogP contribution in [0, 0.1) is 0 Å². The van der Waals surface area contributed by atoms with Gasteiger partial charge in [0.15, 0.2) is 5.78 Å². The van der Waals surface area contributed by atoms with E-state index in [1.165, 1.54) is 11.8 Å². The number of carbonyl (C=O) groups excluding carboxylic acids is 2. The second kappa shape index (κ2) is 6.69. The second-order valence-corrected chi connectivity index (χ2v) is 6.49. The fourth-order valence-corrected chi connectivity index (χ4v) is 3.01. The molecule has 130 valence electrons. The highest BCUT2D eigenvalue weighted by molar-refractivity contribution is 6.16. The lowest BCUT2D eigenvalue weighted by atomic mass is 9.96. The molecule has 2 aromatic rings. The molecule has 5 heteroatoms. The van der Waals surface area contributed by atoms with Crippen LogP contribution in [-0.4, -0.2) is 40.4 Å². The topological polar surface area (TPSA) is 66.8 Å². The summed E-state index contributed by atoms with van der Waals surface area (Å²) in [5.74, 6) is -0.267. The lowest BCUT2D eigenvalue weighted by Crippen LogP contribution is -2.39. The second-order valence-electron chi connectivity index (χ2n) is 6.49. The highest BCUT2D eigenvalue weighted by atomic mass is 16.5. The third-order valence-corrected chi connectivity index (χ3v) is 4.59. The fraction of sp³-hybridized carbons (Fsp3) is 0.300. The summed E-state index contributed by atoms with van der Waals surface area (Å²) < 4.78 is 5.74. The standard InChI is InChI=1S/C20H21NO4/c1-20(24)18(22)17(21(2)19(20)23)12-14-8-10-16(11-9-14)25-13-15-6-4-3-5-7-15/h3-11,17,24H,12-13H2,1-2H3/t17-,20-/m0/s1. The van der Waals surface area contributed by atoms with Crippen LogP contribution in [0.2, 0.25) is 0 Å². The molecule has 3 rings (SSSR count). The maximum absolute atomic E-state index is 12.2. The lowest BCUT2D eigenvalue weighted by molar-refractivity contribution is -0.146. The van der Waals surface area contributed by atoms with E-state index in [-0.39, 0.29) is 0 Å². The van der Waals surface area contributed by atoms with Gasteiger partial charge in [0.05, 0.1) is 6.04 Å². The number of likely N-dealkylation sites (tertiary alicyclic amines) is 1. The first kappa shape index (κ1) is 17.2. The molecule has 2 aromatic carbocycles. The molecular weight excluding hydrogens is 318 g/mol. The van der Waals surface area contributed by atoms with Crippen molar-refractivity contribution in [3.05, 3.63) is 65.7 Å². The molecule has 0 unspecified atom stereocenters. The van der Waals surface area contributed by atoms with Crippen molar-refractivity contribution in [2.75, 3.05) is 7.05 Å². The summed E-state index contributed by atoms with van der Waals surface area (Å²) >= 11 is 0. The van der Waals surface area contributed by atoms with Crippen LogP contribution in [-0.2, 0) is 22.6 Å². The Morgan fingerprint density at radius 3 is 2.24 bits per heavy atom. The predicted molar refractivity (Wildman–Crippen MR) is 93.1 cm³/mol. The number of amides is 1. The van der Waals surface area contributed by atoms with Gasteiger partial charge in [-0.15, -0.1) is 0 Å². The lowest BCUT2D eigenvalue weighted by Gasteiger charge is -2.18. The van der Waals surface area contributed by atoms with Gasteiger partial charge >= 0.3 is 0 Å². The summed E-state index contributed by atoms with van der Waals surface area (Å²) in [7, 11) is 1.55. The van der Waals surface area contributed by atoms with Crippen molar-refractivity contribution in [2.45, 2.75) is 31.6 Å². The summed E-state index contributed by atoms with van der Waals surface area (Å²) in [6, 6.07) is 16.7. The number of hydrogen-bond acceptors (Lipinski definition) is 4. The van der Waals surface area contributed by atoms with Crippen molar-refractivity contribution < 1.29 is 19.4 Å². The van der Waals surface area contributed by atoms with Gasteiger partial charge in [-0.2, -0.15) is 0 Å². The van der Waals surface area contributed by atoms with Gasteiger partial charge in [-0.05, 0) is 30.2 Å². The number of rotatable bonds is 5. The van der Waals surface area contributed by atoms with Crippen LogP contribution < -0.4 is 4.74 Å². The van der Waals surface area contributed by atoms with Crippen LogP contribution in [0.5, 0.6) is 5.75 Å². The maximum Gasteiger partial charge on any atom is 0.262 e. The zero-order valence-corrected chi connectivity index (χ0v) is 14.3. The van der Waals surface area contributed by atoms with Crippen LogP contribution >= 0.6 is 0 Å². The zero-order valence-electron chi connectivity index (χ0n) is 14.3. The molecular formula is C20H21NO4. The number of benzene rings is 2. The van der Waals surface area contributed by atoms with Crippen LogP contribution in [0.15, 0.2) is 54.6 Å². The number of likely N-dealkylation sites (N-methyl/N-ethyl adjacent to an activating group) is 1. The third kappa shape index (κ3) is 3.42. The molecule has 1 aliphatic rings. The first-order valence-electron chi connectivity index (χ1n) is 8.19. The fourth-order valence-electron chi connectivity index (χ4n) is 3.01. The molecule has 0 bridgehead atoms. The van der Waals surface area contributed by atoms with E-state index in [0.717, 1.165) is 16.9 Å². The van der Waals surface area contributed by atoms with Gasteiger partial charge < -0.3 is 14.7 Å². The van der Waals surface area contributed by atoms with Crippen molar-refractivity contribution in [3.8, 4) is 5.75 Å². The van der Waals surface area contributed by atoms with Gasteiger partial charge in [-0.25, -0.2) is 0 Å². The van der Waals surface area contributed by atoms with Gasteiger partial charge in [-0.3, -0.25) is 9.59 Å². The average molecular weight is 339 g/mol. The molecule has 1 amide bonds. The Kier molecular flexibility index (Phi) is 4.59. The number of nitrogens with zero attached hydrogens (tertiary/aromatic N) is 1. The van der Waals surface area contributed by atoms with Gasteiger partial charge in [0, 0.05) is 13.5 Å². The number of carbonyl (C=O) groups is 2. The first-order valence-corrected chi connectivity index (χ1v) is 8.19. The summed E-state index contributed by atoms with van der Waals surface area (Å²) in [6.07, 6.45) is 0.371. The quantitative estimate of drug-likeness (QED) is 0.846. The Morgan fingerprint density at radius 2 is 1.68 bits per heavy atom. The average Bonchev–Trinajstić information content (AvgIpc) is 2.77. The third-order valence-electron chi connectivity index (χ3n) is 4.59. The van der Waals surface area contributed by atoms with Crippen molar-refractivity contribution in [2.24, 2.45) is 0 Å². The Balaban J connectivity index is 1.63. The number of ether oxygens (including phenoxy) is 1. The van der Waals surface area contributed by atoms with E-state index >= 15 is 0 Å². The highest BCUT2D eigenvalue weighted by Crippen LogP contribution is 2.26. The van der Waals surface area contributed by atoms with Crippen molar-refractivity contribution in [1.82, 2.24) is 4.90 Å². The van der Waals surface area contributed by atoms with E-state index in [0.29, 0.717) is 13.0 Å². The molecule has 5 nitrogen and oxygen atoms in total. The van der Waals surface area contributed by atoms with Gasteiger partial charge in [0.25, 0.3) is 5.91 Å². The Morgan fingerprint density at radius 1 is 1.04 bits per heavy atom.